The van der Waals surface area contributed by atoms with Crippen molar-refractivity contribution >= 4 is 0 Å². The van der Waals surface area contributed by atoms with Crippen LogP contribution in [0.1, 0.15) is 32.3 Å². The average Bonchev–Trinajstić information content (AvgIpc) is 3.24. The van der Waals surface area contributed by atoms with Gasteiger partial charge in [0.1, 0.15) is 0 Å². The third-order valence-corrected chi connectivity index (χ3v) is 3.87. The highest BCUT2D eigenvalue weighted by molar-refractivity contribution is 5.45. The van der Waals surface area contributed by atoms with Crippen molar-refractivity contribution in [2.24, 2.45) is 5.92 Å². The van der Waals surface area contributed by atoms with Crippen molar-refractivity contribution in [2.75, 3.05) is 13.2 Å². The fourth-order valence-electron chi connectivity index (χ4n) is 2.33. The van der Waals surface area contributed by atoms with Gasteiger partial charge >= 0.3 is 0 Å². The predicted octanol–water partition coefficient (Wildman–Crippen LogP) is 2.04. The van der Waals surface area contributed by atoms with E-state index in [2.05, 4.69) is 5.32 Å². The quantitative estimate of drug-likeness (QED) is 0.706. The van der Waals surface area contributed by atoms with Gasteiger partial charge in [-0.25, -0.2) is 0 Å². The summed E-state index contributed by atoms with van der Waals surface area (Å²) in [7, 11) is 0. The van der Waals surface area contributed by atoms with Crippen molar-refractivity contribution in [3.05, 3.63) is 23.8 Å². The standard InChI is InChI=1S/C15H23NO3/c1-3-19-13-6-4-5-11(14(13)18)9-16-15(2,10-17)12-7-8-12/h4-6,12,16-18H,3,7-10H2,1-2H3. The molecule has 3 N–H and O–H groups in total. The minimum atomic E-state index is -0.256. The molecule has 1 unspecified atom stereocenters. The maximum Gasteiger partial charge on any atom is 0.162 e. The van der Waals surface area contributed by atoms with E-state index in [9.17, 15) is 10.2 Å². The van der Waals surface area contributed by atoms with Crippen LogP contribution in [0.25, 0.3) is 0 Å². The minimum absolute atomic E-state index is 0.115. The molecule has 0 aromatic heterocycles. The van der Waals surface area contributed by atoms with Gasteiger partial charge in [0.15, 0.2) is 11.5 Å². The lowest BCUT2D eigenvalue weighted by atomic mass is 9.96. The maximum absolute atomic E-state index is 10.1. The van der Waals surface area contributed by atoms with E-state index < -0.39 is 0 Å². The largest absolute Gasteiger partial charge is 0.504 e. The van der Waals surface area contributed by atoms with Crippen LogP contribution in [0, 0.1) is 5.92 Å². The summed E-state index contributed by atoms with van der Waals surface area (Å²) < 4.78 is 5.37. The minimum Gasteiger partial charge on any atom is -0.504 e. The Kier molecular flexibility index (Phi) is 4.32. The Labute approximate surface area is 114 Å². The van der Waals surface area contributed by atoms with Crippen molar-refractivity contribution in [1.82, 2.24) is 5.32 Å². The van der Waals surface area contributed by atoms with Gasteiger partial charge in [-0.05, 0) is 38.7 Å². The lowest BCUT2D eigenvalue weighted by Crippen LogP contribution is -2.47. The van der Waals surface area contributed by atoms with Crippen LogP contribution in [0.4, 0.5) is 0 Å². The van der Waals surface area contributed by atoms with Crippen LogP contribution in [-0.2, 0) is 6.54 Å². The summed E-state index contributed by atoms with van der Waals surface area (Å²) in [6, 6.07) is 5.50. The van der Waals surface area contributed by atoms with E-state index in [-0.39, 0.29) is 17.9 Å². The number of ether oxygens (including phenoxy) is 1. The molecule has 0 bridgehead atoms. The lowest BCUT2D eigenvalue weighted by Gasteiger charge is -2.29. The topological polar surface area (TPSA) is 61.7 Å². The third-order valence-electron chi connectivity index (χ3n) is 3.87. The van der Waals surface area contributed by atoms with E-state index in [1.807, 2.05) is 26.0 Å². The van der Waals surface area contributed by atoms with Crippen LogP contribution < -0.4 is 10.1 Å². The molecule has 1 aliphatic rings. The zero-order valence-electron chi connectivity index (χ0n) is 11.6. The number of rotatable bonds is 7. The molecule has 4 heteroatoms. The lowest BCUT2D eigenvalue weighted by molar-refractivity contribution is 0.153. The number of aliphatic hydroxyl groups is 1. The van der Waals surface area contributed by atoms with Crippen LogP contribution in [0.3, 0.4) is 0 Å². The van der Waals surface area contributed by atoms with Crippen LogP contribution in [-0.4, -0.2) is 29.0 Å². The molecule has 1 atom stereocenters. The number of nitrogens with one attached hydrogen (secondary N) is 1. The van der Waals surface area contributed by atoms with Gasteiger partial charge in [0, 0.05) is 17.6 Å². The smallest absolute Gasteiger partial charge is 0.162 e. The van der Waals surface area contributed by atoms with Gasteiger partial charge in [-0.3, -0.25) is 0 Å². The van der Waals surface area contributed by atoms with Crippen LogP contribution >= 0.6 is 0 Å². The van der Waals surface area contributed by atoms with Gasteiger partial charge in [0.25, 0.3) is 0 Å². The van der Waals surface area contributed by atoms with Gasteiger partial charge in [0.2, 0.25) is 0 Å². The second-order valence-electron chi connectivity index (χ2n) is 5.40. The fraction of sp³-hybridized carbons (Fsp3) is 0.600. The van der Waals surface area contributed by atoms with E-state index >= 15 is 0 Å². The molecule has 0 aliphatic heterocycles. The number of phenolic OH excluding ortho intramolecular Hbond substituents is 1. The van der Waals surface area contributed by atoms with E-state index in [1.54, 1.807) is 6.07 Å². The van der Waals surface area contributed by atoms with Crippen molar-refractivity contribution < 1.29 is 14.9 Å². The number of hydrogen-bond acceptors (Lipinski definition) is 4. The molecule has 19 heavy (non-hydrogen) atoms. The fourth-order valence-corrected chi connectivity index (χ4v) is 2.33. The Morgan fingerprint density at radius 2 is 2.16 bits per heavy atom. The summed E-state index contributed by atoms with van der Waals surface area (Å²) in [5.74, 6) is 1.24. The van der Waals surface area contributed by atoms with E-state index in [4.69, 9.17) is 4.74 Å². The van der Waals surface area contributed by atoms with Crippen LogP contribution in [0.5, 0.6) is 11.5 Å². The molecule has 1 saturated carbocycles. The van der Waals surface area contributed by atoms with Crippen molar-refractivity contribution in [1.29, 1.82) is 0 Å². The number of aromatic hydroxyl groups is 1. The number of benzene rings is 1. The molecule has 0 saturated heterocycles. The molecule has 1 aromatic carbocycles. The van der Waals surface area contributed by atoms with Crippen LogP contribution in [0.2, 0.25) is 0 Å². The van der Waals surface area contributed by atoms with Crippen molar-refractivity contribution in [3.63, 3.8) is 0 Å². The zero-order chi connectivity index (χ0) is 13.9. The Bertz CT molecular complexity index is 431. The Morgan fingerprint density at radius 1 is 1.42 bits per heavy atom. The summed E-state index contributed by atoms with van der Waals surface area (Å²) in [5, 5.41) is 23.0. The molecule has 2 rings (SSSR count). The summed E-state index contributed by atoms with van der Waals surface area (Å²) in [4.78, 5) is 0. The molecule has 0 amide bonds. The molecule has 4 nitrogen and oxygen atoms in total. The average molecular weight is 265 g/mol. The Hall–Kier alpha value is -1.26. The summed E-state index contributed by atoms with van der Waals surface area (Å²) in [6.07, 6.45) is 2.32. The summed E-state index contributed by atoms with van der Waals surface area (Å²) in [6.45, 7) is 5.10. The first-order valence-electron chi connectivity index (χ1n) is 6.90. The normalized spacial score (nSPS) is 18.1. The first kappa shape index (κ1) is 14.2. The highest BCUT2D eigenvalue weighted by Gasteiger charge is 2.40. The molecule has 0 heterocycles. The molecular weight excluding hydrogens is 242 g/mol. The molecule has 0 radical (unpaired) electrons. The molecule has 1 fully saturated rings. The third kappa shape index (κ3) is 3.19. The number of hydrogen-bond donors (Lipinski definition) is 3. The number of para-hydroxylation sites is 1. The summed E-state index contributed by atoms with van der Waals surface area (Å²) >= 11 is 0. The van der Waals surface area contributed by atoms with Crippen molar-refractivity contribution in [3.8, 4) is 11.5 Å². The van der Waals surface area contributed by atoms with Crippen LogP contribution in [0.15, 0.2) is 18.2 Å². The molecule has 1 aliphatic carbocycles. The highest BCUT2D eigenvalue weighted by atomic mass is 16.5. The number of phenols is 1. The maximum atomic E-state index is 10.1. The molecule has 106 valence electrons. The van der Waals surface area contributed by atoms with Gasteiger partial charge in [0.05, 0.1) is 13.2 Å². The summed E-state index contributed by atoms with van der Waals surface area (Å²) in [5.41, 5.74) is 0.542. The van der Waals surface area contributed by atoms with E-state index in [0.29, 0.717) is 24.8 Å². The zero-order valence-corrected chi connectivity index (χ0v) is 11.6. The second kappa shape index (κ2) is 5.80. The molecule has 0 spiro atoms. The molecule has 1 aromatic rings. The Morgan fingerprint density at radius 3 is 2.74 bits per heavy atom. The number of aliphatic hydroxyl groups excluding tert-OH is 1. The van der Waals surface area contributed by atoms with Gasteiger partial charge in [-0.15, -0.1) is 0 Å². The Balaban J connectivity index is 2.04. The van der Waals surface area contributed by atoms with Gasteiger partial charge in [-0.1, -0.05) is 12.1 Å². The first-order chi connectivity index (χ1) is 9.10. The van der Waals surface area contributed by atoms with Gasteiger partial charge < -0.3 is 20.3 Å². The van der Waals surface area contributed by atoms with Crippen molar-refractivity contribution in [2.45, 2.75) is 38.8 Å². The molecular formula is C15H23NO3. The second-order valence-corrected chi connectivity index (χ2v) is 5.40. The highest BCUT2D eigenvalue weighted by Crippen LogP contribution is 2.39. The SMILES string of the molecule is CCOc1cccc(CNC(C)(CO)C2CC2)c1O. The van der Waals surface area contributed by atoms with Gasteiger partial charge in [-0.2, -0.15) is 0 Å². The monoisotopic (exact) mass is 265 g/mol. The van der Waals surface area contributed by atoms with E-state index in [1.165, 1.54) is 0 Å². The predicted molar refractivity (Wildman–Crippen MR) is 74.3 cm³/mol. The first-order valence-corrected chi connectivity index (χ1v) is 6.90. The van der Waals surface area contributed by atoms with E-state index in [0.717, 1.165) is 18.4 Å².